The van der Waals surface area contributed by atoms with Crippen LogP contribution in [0.15, 0.2) is 63.8 Å². The standard InChI is InChI=1S/C23H23NO5/c1-27-18-10-8-16(9-11-18)14-24(15-19-6-4-12-28-19)22(25)20-13-17-5-2-3-7-21(17)29-23(20)26/h2-3,5,7-11,13,19H,4,6,12,14-15H2,1H3/t19-/m1/s1. The van der Waals surface area contributed by atoms with Crippen LogP contribution in [-0.2, 0) is 11.3 Å². The van der Waals surface area contributed by atoms with Crippen LogP contribution in [0.5, 0.6) is 5.75 Å². The third kappa shape index (κ3) is 4.32. The van der Waals surface area contributed by atoms with E-state index in [4.69, 9.17) is 13.9 Å². The Morgan fingerprint density at radius 2 is 1.97 bits per heavy atom. The van der Waals surface area contributed by atoms with E-state index >= 15 is 0 Å². The van der Waals surface area contributed by atoms with E-state index in [1.54, 1.807) is 30.2 Å². The molecule has 0 radical (unpaired) electrons. The Kier molecular flexibility index (Phi) is 5.62. The number of nitrogens with zero attached hydrogens (tertiary/aromatic N) is 1. The van der Waals surface area contributed by atoms with Gasteiger partial charge in [-0.2, -0.15) is 0 Å². The zero-order valence-corrected chi connectivity index (χ0v) is 16.3. The van der Waals surface area contributed by atoms with Gasteiger partial charge in [-0.3, -0.25) is 4.79 Å². The van der Waals surface area contributed by atoms with E-state index in [1.807, 2.05) is 36.4 Å². The molecule has 1 aromatic heterocycles. The van der Waals surface area contributed by atoms with Gasteiger partial charge in [-0.25, -0.2) is 4.79 Å². The monoisotopic (exact) mass is 393 g/mol. The number of methoxy groups -OCH3 is 1. The first-order chi connectivity index (χ1) is 14.1. The van der Waals surface area contributed by atoms with Crippen LogP contribution in [0, 0.1) is 0 Å². The van der Waals surface area contributed by atoms with Crippen molar-refractivity contribution in [3.63, 3.8) is 0 Å². The van der Waals surface area contributed by atoms with E-state index in [1.165, 1.54) is 0 Å². The summed E-state index contributed by atoms with van der Waals surface area (Å²) in [7, 11) is 1.61. The third-order valence-electron chi connectivity index (χ3n) is 5.14. The van der Waals surface area contributed by atoms with Crippen molar-refractivity contribution >= 4 is 16.9 Å². The number of hydrogen-bond donors (Lipinski definition) is 0. The lowest BCUT2D eigenvalue weighted by Crippen LogP contribution is -2.38. The molecule has 29 heavy (non-hydrogen) atoms. The SMILES string of the molecule is COc1ccc(CN(C[C@H]2CCCO2)C(=O)c2cc3ccccc3oc2=O)cc1. The van der Waals surface area contributed by atoms with Crippen molar-refractivity contribution in [3.05, 3.63) is 76.1 Å². The van der Waals surface area contributed by atoms with Crippen LogP contribution in [0.3, 0.4) is 0 Å². The first-order valence-electron chi connectivity index (χ1n) is 9.71. The highest BCUT2D eigenvalue weighted by Crippen LogP contribution is 2.20. The van der Waals surface area contributed by atoms with E-state index < -0.39 is 5.63 Å². The maximum absolute atomic E-state index is 13.3. The van der Waals surface area contributed by atoms with Gasteiger partial charge in [0.05, 0.1) is 13.2 Å². The Labute approximate surface area is 168 Å². The molecular formula is C23H23NO5. The van der Waals surface area contributed by atoms with Gasteiger partial charge in [0.1, 0.15) is 16.9 Å². The van der Waals surface area contributed by atoms with Gasteiger partial charge in [-0.1, -0.05) is 30.3 Å². The molecule has 2 heterocycles. The molecule has 1 atom stereocenters. The molecule has 0 spiro atoms. The van der Waals surface area contributed by atoms with Crippen LogP contribution in [0.2, 0.25) is 0 Å². The second-order valence-electron chi connectivity index (χ2n) is 7.15. The molecule has 0 saturated carbocycles. The molecule has 4 rings (SSSR count). The smallest absolute Gasteiger partial charge is 0.349 e. The van der Waals surface area contributed by atoms with Crippen molar-refractivity contribution in [2.24, 2.45) is 0 Å². The third-order valence-corrected chi connectivity index (χ3v) is 5.14. The van der Waals surface area contributed by atoms with Crippen molar-refractivity contribution in [1.29, 1.82) is 0 Å². The molecular weight excluding hydrogens is 370 g/mol. The molecule has 1 saturated heterocycles. The molecule has 1 aliphatic rings. The van der Waals surface area contributed by atoms with Crippen molar-refractivity contribution < 1.29 is 18.7 Å². The molecule has 1 amide bonds. The van der Waals surface area contributed by atoms with Gasteiger partial charge in [0.15, 0.2) is 0 Å². The van der Waals surface area contributed by atoms with Crippen molar-refractivity contribution in [3.8, 4) is 5.75 Å². The van der Waals surface area contributed by atoms with Gasteiger partial charge in [-0.15, -0.1) is 0 Å². The summed E-state index contributed by atoms with van der Waals surface area (Å²) in [6, 6.07) is 16.3. The molecule has 1 aliphatic heterocycles. The number of carbonyl (C=O) groups excluding carboxylic acids is 1. The first kappa shape index (κ1) is 19.2. The predicted octanol–water partition coefficient (Wildman–Crippen LogP) is 3.62. The fourth-order valence-corrected chi connectivity index (χ4v) is 3.59. The van der Waals surface area contributed by atoms with E-state index in [9.17, 15) is 9.59 Å². The maximum atomic E-state index is 13.3. The van der Waals surface area contributed by atoms with Gasteiger partial charge in [0.25, 0.3) is 5.91 Å². The average molecular weight is 393 g/mol. The first-order valence-corrected chi connectivity index (χ1v) is 9.71. The summed E-state index contributed by atoms with van der Waals surface area (Å²) in [6.45, 7) is 1.50. The molecule has 150 valence electrons. The zero-order chi connectivity index (χ0) is 20.2. The van der Waals surface area contributed by atoms with Gasteiger partial charge >= 0.3 is 5.63 Å². The lowest BCUT2D eigenvalue weighted by atomic mass is 10.1. The number of carbonyl (C=O) groups is 1. The van der Waals surface area contributed by atoms with E-state index in [-0.39, 0.29) is 17.6 Å². The molecule has 1 fully saturated rings. The van der Waals surface area contributed by atoms with Crippen LogP contribution in [0.25, 0.3) is 11.0 Å². The number of para-hydroxylation sites is 1. The molecule has 2 aromatic carbocycles. The highest BCUT2D eigenvalue weighted by Gasteiger charge is 2.26. The predicted molar refractivity (Wildman–Crippen MR) is 109 cm³/mol. The zero-order valence-electron chi connectivity index (χ0n) is 16.3. The minimum Gasteiger partial charge on any atom is -0.497 e. The van der Waals surface area contributed by atoms with Crippen molar-refractivity contribution in [2.45, 2.75) is 25.5 Å². The molecule has 6 nitrogen and oxygen atoms in total. The topological polar surface area (TPSA) is 69.0 Å². The molecule has 0 unspecified atom stereocenters. The Morgan fingerprint density at radius 3 is 2.69 bits per heavy atom. The number of hydrogen-bond acceptors (Lipinski definition) is 5. The van der Waals surface area contributed by atoms with Gasteiger partial charge in [-0.05, 0) is 42.7 Å². The summed E-state index contributed by atoms with van der Waals surface area (Å²) < 4.78 is 16.3. The molecule has 3 aromatic rings. The Bertz CT molecular complexity index is 1050. The Hall–Kier alpha value is -3.12. The van der Waals surface area contributed by atoms with Crippen molar-refractivity contribution in [1.82, 2.24) is 4.90 Å². The minimum absolute atomic E-state index is 0.0234. The minimum atomic E-state index is -0.624. The van der Waals surface area contributed by atoms with Gasteiger partial charge in [0, 0.05) is 25.1 Å². The summed E-state index contributed by atoms with van der Waals surface area (Å²) in [5.74, 6) is 0.400. The Morgan fingerprint density at radius 1 is 1.17 bits per heavy atom. The van der Waals surface area contributed by atoms with Crippen LogP contribution in [0.4, 0.5) is 0 Å². The second kappa shape index (κ2) is 8.49. The second-order valence-corrected chi connectivity index (χ2v) is 7.15. The van der Waals surface area contributed by atoms with Crippen LogP contribution >= 0.6 is 0 Å². The quantitative estimate of drug-likeness (QED) is 0.598. The van der Waals surface area contributed by atoms with Crippen molar-refractivity contribution in [2.75, 3.05) is 20.3 Å². The van der Waals surface area contributed by atoms with Crippen LogP contribution in [0.1, 0.15) is 28.8 Å². The summed E-state index contributed by atoms with van der Waals surface area (Å²) in [6.07, 6.45) is 1.86. The van der Waals surface area contributed by atoms with Crippen LogP contribution in [-0.4, -0.2) is 37.2 Å². The number of amides is 1. The summed E-state index contributed by atoms with van der Waals surface area (Å²) in [5.41, 5.74) is 0.827. The molecule has 0 bridgehead atoms. The van der Waals surface area contributed by atoms with E-state index in [0.29, 0.717) is 25.3 Å². The molecule has 6 heteroatoms. The lowest BCUT2D eigenvalue weighted by molar-refractivity contribution is 0.0504. The normalized spacial score (nSPS) is 16.1. The summed E-state index contributed by atoms with van der Waals surface area (Å²) in [4.78, 5) is 27.5. The fraction of sp³-hybridized carbons (Fsp3) is 0.304. The van der Waals surface area contributed by atoms with Gasteiger partial charge in [0.2, 0.25) is 0 Å². The molecule has 0 N–H and O–H groups in total. The lowest BCUT2D eigenvalue weighted by Gasteiger charge is -2.25. The van der Waals surface area contributed by atoms with E-state index in [0.717, 1.165) is 29.5 Å². The number of benzene rings is 2. The maximum Gasteiger partial charge on any atom is 0.349 e. The summed E-state index contributed by atoms with van der Waals surface area (Å²) >= 11 is 0. The highest BCUT2D eigenvalue weighted by molar-refractivity contribution is 5.96. The largest absolute Gasteiger partial charge is 0.497 e. The average Bonchev–Trinajstić information content (AvgIpc) is 3.26. The Balaban J connectivity index is 1.64. The van der Waals surface area contributed by atoms with Crippen LogP contribution < -0.4 is 10.4 Å². The number of ether oxygens (including phenoxy) is 2. The molecule has 0 aliphatic carbocycles. The highest BCUT2D eigenvalue weighted by atomic mass is 16.5. The number of fused-ring (bicyclic) bond motifs is 1. The van der Waals surface area contributed by atoms with Gasteiger partial charge < -0.3 is 18.8 Å². The number of rotatable bonds is 6. The fourth-order valence-electron chi connectivity index (χ4n) is 3.59. The summed E-state index contributed by atoms with van der Waals surface area (Å²) in [5, 5.41) is 0.719. The van der Waals surface area contributed by atoms with E-state index in [2.05, 4.69) is 0 Å².